The Morgan fingerprint density at radius 3 is 2.85 bits per heavy atom. The topological polar surface area (TPSA) is 13.1 Å². The zero-order valence-corrected chi connectivity index (χ0v) is 7.79. The Bertz CT molecular complexity index is 568. The van der Waals surface area contributed by atoms with Crippen molar-refractivity contribution in [2.24, 2.45) is 0 Å². The third-order valence-electron chi connectivity index (χ3n) is 2.26. The summed E-state index contributed by atoms with van der Waals surface area (Å²) in [5.41, 5.74) is 1.00. The van der Waals surface area contributed by atoms with Gasteiger partial charge in [0.05, 0.1) is 0 Å². The van der Waals surface area contributed by atoms with E-state index < -0.39 is 0 Å². The lowest BCUT2D eigenvalue weighted by Gasteiger charge is -1.96. The molecule has 1 nitrogen and oxygen atoms in total. The fourth-order valence-corrected chi connectivity index (χ4v) is 2.32. The van der Waals surface area contributed by atoms with E-state index in [9.17, 15) is 0 Å². The van der Waals surface area contributed by atoms with Gasteiger partial charge >= 0.3 is 0 Å². The molecule has 0 fully saturated rings. The van der Waals surface area contributed by atoms with Crippen LogP contribution in [0.2, 0.25) is 0 Å². The van der Waals surface area contributed by atoms with Gasteiger partial charge in [0.2, 0.25) is 0 Å². The highest BCUT2D eigenvalue weighted by Crippen LogP contribution is 2.29. The van der Waals surface area contributed by atoms with Gasteiger partial charge in [-0.3, -0.25) is 0 Å². The van der Waals surface area contributed by atoms with Crippen molar-refractivity contribution in [3.63, 3.8) is 0 Å². The number of rotatable bonds is 0. The second kappa shape index (κ2) is 2.58. The monoisotopic (exact) mass is 186 g/mol. The van der Waals surface area contributed by atoms with Gasteiger partial charge in [0.15, 0.2) is 0 Å². The molecule has 0 saturated heterocycles. The third kappa shape index (κ3) is 0.976. The molecule has 0 N–H and O–H groups in total. The Morgan fingerprint density at radius 2 is 1.85 bits per heavy atom. The van der Waals surface area contributed by atoms with Gasteiger partial charge in [-0.2, -0.15) is 0 Å². The van der Waals surface area contributed by atoms with Crippen molar-refractivity contribution in [2.75, 3.05) is 0 Å². The quantitative estimate of drug-likeness (QED) is 0.513. The average molecular weight is 186 g/mol. The van der Waals surface area contributed by atoms with E-state index in [0.717, 1.165) is 14.0 Å². The highest BCUT2D eigenvalue weighted by atomic mass is 31.1. The molecule has 0 unspecified atom stereocenters. The molecule has 3 rings (SSSR count). The summed E-state index contributed by atoms with van der Waals surface area (Å²) < 4.78 is 5.42. The summed E-state index contributed by atoms with van der Waals surface area (Å²) in [4.78, 5) is 0. The van der Waals surface area contributed by atoms with Crippen LogP contribution in [0, 0.1) is 0 Å². The Balaban J connectivity index is 2.65. The van der Waals surface area contributed by atoms with Gasteiger partial charge in [-0.1, -0.05) is 30.3 Å². The van der Waals surface area contributed by atoms with Crippen LogP contribution in [-0.2, 0) is 0 Å². The van der Waals surface area contributed by atoms with Gasteiger partial charge in [0, 0.05) is 11.2 Å². The van der Waals surface area contributed by atoms with Crippen molar-refractivity contribution < 1.29 is 4.20 Å². The molecular weight excluding hydrogens is 179 g/mol. The molecule has 0 amide bonds. The number of hydrogen-bond acceptors (Lipinski definition) is 1. The maximum atomic E-state index is 5.42. The van der Waals surface area contributed by atoms with Gasteiger partial charge in [-0.05, 0) is 16.8 Å². The molecule has 0 atom stereocenters. The van der Waals surface area contributed by atoms with E-state index in [1.54, 1.807) is 0 Å². The average Bonchev–Trinajstić information content (AvgIpc) is 2.65. The molecule has 1 aromatic heterocycles. The molecule has 0 bridgehead atoms. The summed E-state index contributed by atoms with van der Waals surface area (Å²) in [5, 5.41) is 3.79. The van der Waals surface area contributed by atoms with Crippen molar-refractivity contribution in [2.45, 2.75) is 0 Å². The Kier molecular flexibility index (Phi) is 1.41. The molecule has 0 aliphatic carbocycles. The van der Waals surface area contributed by atoms with E-state index in [1.165, 1.54) is 16.2 Å². The minimum atomic E-state index is 0.939. The van der Waals surface area contributed by atoms with Crippen molar-refractivity contribution in [3.8, 4) is 0 Å². The van der Waals surface area contributed by atoms with E-state index in [1.807, 2.05) is 6.07 Å². The number of fused-ring (bicyclic) bond motifs is 3. The molecule has 3 aromatic rings. The first-order valence-corrected chi connectivity index (χ1v) is 5.05. The van der Waals surface area contributed by atoms with Crippen molar-refractivity contribution >= 4 is 30.2 Å². The zero-order valence-electron chi connectivity index (χ0n) is 6.90. The van der Waals surface area contributed by atoms with Crippen LogP contribution in [0.25, 0.3) is 21.7 Å². The molecule has 1 heterocycles. The number of benzene rings is 2. The molecule has 2 aromatic carbocycles. The smallest absolute Gasteiger partial charge is 0.139 e. The fraction of sp³-hybridized carbons (Fsp3) is 0. The lowest BCUT2D eigenvalue weighted by Crippen LogP contribution is -1.71. The van der Waals surface area contributed by atoms with Crippen LogP contribution in [0.5, 0.6) is 0 Å². The predicted octanol–water partition coefficient (Wildman–Crippen LogP) is 4.17. The largest absolute Gasteiger partial charge is 0.439 e. The second-order valence-corrected chi connectivity index (χ2v) is 3.68. The van der Waals surface area contributed by atoms with Crippen molar-refractivity contribution in [3.05, 3.63) is 42.2 Å². The van der Waals surface area contributed by atoms with Gasteiger partial charge in [-0.15, -0.1) is 0 Å². The molecule has 0 aliphatic heterocycles. The van der Waals surface area contributed by atoms with Gasteiger partial charge in [0.1, 0.15) is 14.0 Å². The van der Waals surface area contributed by atoms with E-state index >= 15 is 0 Å². The Hall–Kier alpha value is -1.33. The lowest BCUT2D eigenvalue weighted by molar-refractivity contribution is 0.756. The molecule has 0 aliphatic rings. The SMILES string of the molecule is c1ccc2c(c1)ccc1opcc12. The normalized spacial score (nSPS) is 11.7. The predicted molar refractivity (Wildman–Crippen MR) is 56.2 cm³/mol. The molecular formula is C11H7OP. The van der Waals surface area contributed by atoms with Crippen molar-refractivity contribution in [1.29, 1.82) is 0 Å². The Morgan fingerprint density at radius 1 is 0.923 bits per heavy atom. The van der Waals surface area contributed by atoms with Gasteiger partial charge in [-0.25, -0.2) is 0 Å². The van der Waals surface area contributed by atoms with E-state index in [4.69, 9.17) is 4.20 Å². The minimum Gasteiger partial charge on any atom is -0.439 e. The van der Waals surface area contributed by atoms with E-state index in [2.05, 4.69) is 36.1 Å². The van der Waals surface area contributed by atoms with Crippen LogP contribution in [0.15, 0.2) is 46.4 Å². The third-order valence-corrected chi connectivity index (χ3v) is 2.93. The highest BCUT2D eigenvalue weighted by Gasteiger charge is 2.00. The van der Waals surface area contributed by atoms with Crippen LogP contribution in [0.3, 0.4) is 0 Å². The summed E-state index contributed by atoms with van der Waals surface area (Å²) in [5.74, 6) is 2.11. The first-order chi connectivity index (χ1) is 6.45. The minimum absolute atomic E-state index is 0.939. The first kappa shape index (κ1) is 7.11. The summed E-state index contributed by atoms with van der Waals surface area (Å²) in [7, 11) is 0.939. The summed E-state index contributed by atoms with van der Waals surface area (Å²) in [6.07, 6.45) is 0. The molecule has 62 valence electrons. The summed E-state index contributed by atoms with van der Waals surface area (Å²) in [6, 6.07) is 12.5. The van der Waals surface area contributed by atoms with Crippen LogP contribution >= 0.6 is 8.43 Å². The van der Waals surface area contributed by atoms with Crippen molar-refractivity contribution in [1.82, 2.24) is 0 Å². The summed E-state index contributed by atoms with van der Waals surface area (Å²) >= 11 is 0. The highest BCUT2D eigenvalue weighted by molar-refractivity contribution is 7.23. The van der Waals surface area contributed by atoms with E-state index in [-0.39, 0.29) is 0 Å². The fourth-order valence-electron chi connectivity index (χ4n) is 1.62. The standard InChI is InChI=1S/C11H7OP/c1-2-4-9-8(3-1)5-6-11-10(9)7-13-12-11/h1-7H. The zero-order chi connectivity index (χ0) is 8.67. The Labute approximate surface area is 77.2 Å². The van der Waals surface area contributed by atoms with Gasteiger partial charge < -0.3 is 4.20 Å². The maximum Gasteiger partial charge on any atom is 0.139 e. The maximum absolute atomic E-state index is 5.42. The van der Waals surface area contributed by atoms with E-state index in [0.29, 0.717) is 0 Å². The number of hydrogen-bond donors (Lipinski definition) is 0. The molecule has 0 spiro atoms. The second-order valence-electron chi connectivity index (χ2n) is 3.02. The lowest BCUT2D eigenvalue weighted by atomic mass is 10.1. The van der Waals surface area contributed by atoms with Crippen LogP contribution in [0.4, 0.5) is 0 Å². The first-order valence-electron chi connectivity index (χ1n) is 4.17. The van der Waals surface area contributed by atoms with Gasteiger partial charge in [0.25, 0.3) is 0 Å². The molecule has 0 radical (unpaired) electrons. The van der Waals surface area contributed by atoms with Crippen LogP contribution in [0.1, 0.15) is 0 Å². The molecule has 0 saturated carbocycles. The molecule has 2 heteroatoms. The van der Waals surface area contributed by atoms with Crippen LogP contribution < -0.4 is 0 Å². The molecule has 13 heavy (non-hydrogen) atoms. The summed E-state index contributed by atoms with van der Waals surface area (Å²) in [6.45, 7) is 0. The van der Waals surface area contributed by atoms with Crippen LogP contribution in [-0.4, -0.2) is 0 Å².